The molecule has 1 aliphatic carbocycles. The van der Waals surface area contributed by atoms with Crippen LogP contribution in [0.15, 0.2) is 35.2 Å². The summed E-state index contributed by atoms with van der Waals surface area (Å²) in [6, 6.07) is 6.31. The lowest BCUT2D eigenvalue weighted by Gasteiger charge is -2.02. The number of sulfonamides is 1. The third kappa shape index (κ3) is 4.57. The van der Waals surface area contributed by atoms with Gasteiger partial charge in [0.1, 0.15) is 0 Å². The van der Waals surface area contributed by atoms with Crippen molar-refractivity contribution in [2.75, 3.05) is 12.4 Å². The van der Waals surface area contributed by atoms with Gasteiger partial charge in [0, 0.05) is 11.0 Å². The van der Waals surface area contributed by atoms with E-state index in [0.717, 1.165) is 30.5 Å². The van der Waals surface area contributed by atoms with Crippen LogP contribution in [-0.2, 0) is 27.7 Å². The van der Waals surface area contributed by atoms with E-state index < -0.39 is 10.0 Å². The second-order valence-electron chi connectivity index (χ2n) is 6.05. The average Bonchev–Trinajstić information content (AvgIpc) is 2.88. The maximum absolute atomic E-state index is 12.1. The SMILES string of the molecule is CNS(=O)(=O)c1ccc(C=CC(=O)Nc2nc3c(s2)CCCCC3)cc1. The Hall–Kier alpha value is -2.03. The first-order valence-electron chi connectivity index (χ1n) is 8.49. The van der Waals surface area contributed by atoms with Gasteiger partial charge in [0.15, 0.2) is 5.13 Å². The Morgan fingerprint density at radius 2 is 1.88 bits per heavy atom. The molecule has 138 valence electrons. The van der Waals surface area contributed by atoms with Gasteiger partial charge < -0.3 is 0 Å². The first-order valence-corrected chi connectivity index (χ1v) is 10.8. The summed E-state index contributed by atoms with van der Waals surface area (Å²) < 4.78 is 25.6. The summed E-state index contributed by atoms with van der Waals surface area (Å²) in [6.45, 7) is 0. The molecule has 0 aliphatic heterocycles. The number of benzene rings is 1. The maximum atomic E-state index is 12.1. The van der Waals surface area contributed by atoms with E-state index in [1.54, 1.807) is 29.5 Å². The van der Waals surface area contributed by atoms with Crippen LogP contribution in [0.4, 0.5) is 5.13 Å². The quantitative estimate of drug-likeness (QED) is 0.606. The van der Waals surface area contributed by atoms with Crippen molar-refractivity contribution in [3.05, 3.63) is 46.5 Å². The van der Waals surface area contributed by atoms with Gasteiger partial charge in [-0.15, -0.1) is 11.3 Å². The maximum Gasteiger partial charge on any atom is 0.250 e. The van der Waals surface area contributed by atoms with Crippen LogP contribution in [0.1, 0.15) is 35.4 Å². The summed E-state index contributed by atoms with van der Waals surface area (Å²) in [5.74, 6) is -0.249. The fraction of sp³-hybridized carbons (Fsp3) is 0.333. The van der Waals surface area contributed by atoms with Crippen LogP contribution >= 0.6 is 11.3 Å². The van der Waals surface area contributed by atoms with Gasteiger partial charge in [-0.25, -0.2) is 18.1 Å². The highest BCUT2D eigenvalue weighted by Crippen LogP contribution is 2.28. The molecule has 1 aliphatic rings. The van der Waals surface area contributed by atoms with Crippen molar-refractivity contribution >= 4 is 38.5 Å². The Bertz CT molecular complexity index is 892. The zero-order valence-corrected chi connectivity index (χ0v) is 16.1. The van der Waals surface area contributed by atoms with Gasteiger partial charge >= 0.3 is 0 Å². The molecule has 0 fully saturated rings. The number of hydrogen-bond donors (Lipinski definition) is 2. The van der Waals surface area contributed by atoms with E-state index in [9.17, 15) is 13.2 Å². The molecule has 6 nitrogen and oxygen atoms in total. The van der Waals surface area contributed by atoms with Crippen LogP contribution in [0, 0.1) is 0 Å². The number of nitrogens with zero attached hydrogens (tertiary/aromatic N) is 1. The lowest BCUT2D eigenvalue weighted by molar-refractivity contribution is -0.111. The number of nitrogens with one attached hydrogen (secondary N) is 2. The van der Waals surface area contributed by atoms with E-state index in [1.807, 2.05) is 0 Å². The number of anilines is 1. The molecule has 26 heavy (non-hydrogen) atoms. The number of rotatable bonds is 5. The Labute approximate surface area is 157 Å². The Kier molecular flexibility index (Phi) is 5.85. The van der Waals surface area contributed by atoms with Crippen LogP contribution in [0.25, 0.3) is 6.08 Å². The largest absolute Gasteiger partial charge is 0.298 e. The van der Waals surface area contributed by atoms with Crippen LogP contribution in [0.5, 0.6) is 0 Å². The fourth-order valence-electron chi connectivity index (χ4n) is 2.78. The van der Waals surface area contributed by atoms with Gasteiger partial charge in [0.2, 0.25) is 15.9 Å². The monoisotopic (exact) mass is 391 g/mol. The normalized spacial score (nSPS) is 14.8. The standard InChI is InChI=1S/C18H21N3O3S2/c1-19-26(23,24)14-10-7-13(8-11-14)9-12-17(22)21-18-20-15-5-3-2-4-6-16(15)25-18/h7-12,19H,2-6H2,1H3,(H,20,21,22). The Morgan fingerprint density at radius 3 is 2.62 bits per heavy atom. The van der Waals surface area contributed by atoms with E-state index in [-0.39, 0.29) is 10.8 Å². The molecule has 2 aromatic rings. The molecule has 1 aromatic carbocycles. The molecule has 0 bridgehead atoms. The summed E-state index contributed by atoms with van der Waals surface area (Å²) >= 11 is 1.56. The highest BCUT2D eigenvalue weighted by molar-refractivity contribution is 7.89. The molecule has 0 saturated carbocycles. The summed E-state index contributed by atoms with van der Waals surface area (Å²) in [4.78, 5) is 18.1. The smallest absolute Gasteiger partial charge is 0.250 e. The number of thiazole rings is 1. The molecule has 0 radical (unpaired) electrons. The summed E-state index contributed by atoms with van der Waals surface area (Å²) in [5, 5.41) is 3.45. The minimum absolute atomic E-state index is 0.186. The van der Waals surface area contributed by atoms with Crippen LogP contribution in [0.3, 0.4) is 0 Å². The Balaban J connectivity index is 1.63. The first-order chi connectivity index (χ1) is 12.5. The number of carbonyl (C=O) groups excluding carboxylic acids is 1. The van der Waals surface area contributed by atoms with Crippen molar-refractivity contribution in [2.24, 2.45) is 0 Å². The first kappa shape index (κ1) is 18.8. The molecule has 0 spiro atoms. The van der Waals surface area contributed by atoms with Crippen molar-refractivity contribution in [3.63, 3.8) is 0 Å². The predicted molar refractivity (Wildman–Crippen MR) is 104 cm³/mol. The third-order valence-corrected chi connectivity index (χ3v) is 6.72. The molecule has 2 N–H and O–H groups in total. The highest BCUT2D eigenvalue weighted by atomic mass is 32.2. The zero-order valence-electron chi connectivity index (χ0n) is 14.5. The lowest BCUT2D eigenvalue weighted by atomic mass is 10.2. The fourth-order valence-corrected chi connectivity index (χ4v) is 4.56. The lowest BCUT2D eigenvalue weighted by Crippen LogP contribution is -2.18. The van der Waals surface area contributed by atoms with E-state index in [4.69, 9.17) is 0 Å². The van der Waals surface area contributed by atoms with E-state index >= 15 is 0 Å². The van der Waals surface area contributed by atoms with E-state index in [0.29, 0.717) is 5.13 Å². The number of carbonyl (C=O) groups is 1. The zero-order chi connectivity index (χ0) is 18.6. The van der Waals surface area contributed by atoms with Gasteiger partial charge in [-0.05, 0) is 56.5 Å². The second-order valence-corrected chi connectivity index (χ2v) is 9.02. The molecule has 0 saturated heterocycles. The third-order valence-electron chi connectivity index (χ3n) is 4.21. The van der Waals surface area contributed by atoms with Crippen LogP contribution in [0.2, 0.25) is 0 Å². The van der Waals surface area contributed by atoms with Crippen LogP contribution < -0.4 is 10.0 Å². The van der Waals surface area contributed by atoms with Gasteiger partial charge in [-0.3, -0.25) is 10.1 Å². The van der Waals surface area contributed by atoms with Gasteiger partial charge in [-0.2, -0.15) is 0 Å². The van der Waals surface area contributed by atoms with E-state index in [2.05, 4.69) is 15.0 Å². The van der Waals surface area contributed by atoms with Crippen molar-refractivity contribution < 1.29 is 13.2 Å². The molecule has 3 rings (SSSR count). The molecular formula is C18H21N3O3S2. The molecule has 8 heteroatoms. The molecule has 0 atom stereocenters. The molecule has 1 amide bonds. The average molecular weight is 392 g/mol. The number of amides is 1. The second kappa shape index (κ2) is 8.11. The molecular weight excluding hydrogens is 370 g/mol. The minimum Gasteiger partial charge on any atom is -0.298 e. The molecule has 0 unspecified atom stereocenters. The van der Waals surface area contributed by atoms with Crippen molar-refractivity contribution in [3.8, 4) is 0 Å². The Morgan fingerprint density at radius 1 is 1.15 bits per heavy atom. The molecule has 1 heterocycles. The summed E-state index contributed by atoms with van der Waals surface area (Å²) in [7, 11) is -2.08. The van der Waals surface area contributed by atoms with Crippen molar-refractivity contribution in [1.29, 1.82) is 0 Å². The summed E-state index contributed by atoms with van der Waals surface area (Å²) in [5.41, 5.74) is 1.86. The van der Waals surface area contributed by atoms with E-state index in [1.165, 1.54) is 43.0 Å². The van der Waals surface area contributed by atoms with Crippen molar-refractivity contribution in [2.45, 2.75) is 37.0 Å². The molecule has 1 aromatic heterocycles. The number of aromatic nitrogens is 1. The number of hydrogen-bond acceptors (Lipinski definition) is 5. The topological polar surface area (TPSA) is 88.2 Å². The summed E-state index contributed by atoms with van der Waals surface area (Å²) in [6.07, 6.45) is 8.67. The highest BCUT2D eigenvalue weighted by Gasteiger charge is 2.14. The van der Waals surface area contributed by atoms with Crippen molar-refractivity contribution in [1.82, 2.24) is 9.71 Å². The van der Waals surface area contributed by atoms with Gasteiger partial charge in [0.25, 0.3) is 0 Å². The number of fused-ring (bicyclic) bond motifs is 1. The predicted octanol–water partition coefficient (Wildman–Crippen LogP) is 2.97. The minimum atomic E-state index is -3.45. The van der Waals surface area contributed by atoms with Gasteiger partial charge in [0.05, 0.1) is 10.6 Å². The number of aryl methyl sites for hydroxylation is 2. The van der Waals surface area contributed by atoms with Crippen LogP contribution in [-0.4, -0.2) is 26.4 Å². The van der Waals surface area contributed by atoms with Gasteiger partial charge in [-0.1, -0.05) is 18.6 Å².